The number of fused-ring (bicyclic) bond motifs is 2. The number of esters is 1. The van der Waals surface area contributed by atoms with E-state index in [4.69, 9.17) is 14.5 Å². The van der Waals surface area contributed by atoms with Crippen LogP contribution in [-0.4, -0.2) is 17.1 Å². The summed E-state index contributed by atoms with van der Waals surface area (Å²) in [5, 5.41) is 2.01. The number of hydrogen-bond acceptors (Lipinski definition) is 6. The van der Waals surface area contributed by atoms with Crippen molar-refractivity contribution in [3.05, 3.63) is 143 Å². The number of rotatable bonds is 7. The fourth-order valence-corrected chi connectivity index (χ4v) is 6.57. The molecule has 1 aliphatic heterocycles. The van der Waals surface area contributed by atoms with Gasteiger partial charge in [0.15, 0.2) is 4.80 Å². The monoisotopic (exact) mass is 652 g/mol. The maximum atomic E-state index is 14.2. The zero-order valence-electron chi connectivity index (χ0n) is 24.0. The number of benzene rings is 4. The second kappa shape index (κ2) is 12.1. The van der Waals surface area contributed by atoms with Gasteiger partial charge in [-0.25, -0.2) is 9.79 Å². The molecule has 0 N–H and O–H groups in total. The number of ether oxygens (including phenoxy) is 2. The first-order valence-electron chi connectivity index (χ1n) is 14.0. The standard InChI is InChI=1S/C35H29BrN2O4S/c1-4-41-34(40)31-22(3)37-35-38(32(31)25-13-9-21(2)10-14-25)33(39)30(43-35)19-28-27-8-6-5-7-24(27)15-18-29(28)42-20-23-11-16-26(36)17-12-23/h5-19,32H,4,20H2,1-3H3/b30-19-/t32-/m1/s1. The number of hydrogen-bond donors (Lipinski definition) is 0. The lowest BCUT2D eigenvalue weighted by Crippen LogP contribution is -2.39. The largest absolute Gasteiger partial charge is 0.488 e. The number of aryl methyl sites for hydroxylation is 1. The van der Waals surface area contributed by atoms with Crippen molar-refractivity contribution in [2.75, 3.05) is 6.61 Å². The van der Waals surface area contributed by atoms with Gasteiger partial charge in [-0.05, 0) is 66.9 Å². The molecular formula is C35H29BrN2O4S. The highest BCUT2D eigenvalue weighted by Crippen LogP contribution is 2.32. The van der Waals surface area contributed by atoms with Gasteiger partial charge in [0.2, 0.25) is 0 Å². The molecule has 5 aromatic rings. The van der Waals surface area contributed by atoms with E-state index in [-0.39, 0.29) is 12.2 Å². The number of aromatic nitrogens is 1. The van der Waals surface area contributed by atoms with Crippen LogP contribution in [0.25, 0.3) is 16.8 Å². The van der Waals surface area contributed by atoms with Crippen molar-refractivity contribution in [1.29, 1.82) is 0 Å². The summed E-state index contributed by atoms with van der Waals surface area (Å²) in [6.07, 6.45) is 1.89. The fraction of sp³-hybridized carbons (Fsp3) is 0.171. The third-order valence-corrected chi connectivity index (χ3v) is 8.94. The van der Waals surface area contributed by atoms with Crippen molar-refractivity contribution in [3.8, 4) is 5.75 Å². The summed E-state index contributed by atoms with van der Waals surface area (Å²) in [5.74, 6) is 0.201. The Morgan fingerprint density at radius 1 is 1.00 bits per heavy atom. The minimum absolute atomic E-state index is 0.226. The molecule has 0 saturated heterocycles. The third-order valence-electron chi connectivity index (χ3n) is 7.42. The van der Waals surface area contributed by atoms with Gasteiger partial charge < -0.3 is 9.47 Å². The van der Waals surface area contributed by atoms with E-state index in [0.717, 1.165) is 37.5 Å². The molecule has 43 heavy (non-hydrogen) atoms. The van der Waals surface area contributed by atoms with Crippen LogP contribution < -0.4 is 19.6 Å². The van der Waals surface area contributed by atoms with Crippen LogP contribution in [0, 0.1) is 6.92 Å². The lowest BCUT2D eigenvalue weighted by Gasteiger charge is -2.24. The summed E-state index contributed by atoms with van der Waals surface area (Å²) in [5.41, 5.74) is 4.43. The molecule has 1 atom stereocenters. The fourth-order valence-electron chi connectivity index (χ4n) is 5.28. The van der Waals surface area contributed by atoms with Gasteiger partial charge in [-0.15, -0.1) is 0 Å². The average Bonchev–Trinajstić information content (AvgIpc) is 3.31. The van der Waals surface area contributed by atoms with Crippen molar-refractivity contribution in [2.24, 2.45) is 4.99 Å². The van der Waals surface area contributed by atoms with E-state index in [1.807, 2.05) is 97.9 Å². The van der Waals surface area contributed by atoms with Crippen LogP contribution in [-0.2, 0) is 16.1 Å². The lowest BCUT2D eigenvalue weighted by molar-refractivity contribution is -0.139. The Balaban J connectivity index is 1.52. The molecule has 0 radical (unpaired) electrons. The predicted octanol–water partition coefficient (Wildman–Crippen LogP) is 6.60. The zero-order chi connectivity index (χ0) is 30.1. The molecule has 0 fully saturated rings. The van der Waals surface area contributed by atoms with Crippen molar-refractivity contribution in [3.63, 3.8) is 0 Å². The summed E-state index contributed by atoms with van der Waals surface area (Å²) in [4.78, 5) is 32.7. The number of nitrogens with zero attached hydrogens (tertiary/aromatic N) is 2. The highest BCUT2D eigenvalue weighted by Gasteiger charge is 2.33. The normalized spacial score (nSPS) is 14.9. The topological polar surface area (TPSA) is 69.9 Å². The molecule has 0 saturated carbocycles. The molecule has 0 spiro atoms. The Morgan fingerprint density at radius 2 is 1.74 bits per heavy atom. The number of halogens is 1. The molecule has 0 unspecified atom stereocenters. The van der Waals surface area contributed by atoms with Crippen LogP contribution in [0.2, 0.25) is 0 Å². The summed E-state index contributed by atoms with van der Waals surface area (Å²) >= 11 is 4.78. The third kappa shape index (κ3) is 5.72. The molecule has 4 aromatic carbocycles. The maximum Gasteiger partial charge on any atom is 0.338 e. The first-order chi connectivity index (χ1) is 20.8. The summed E-state index contributed by atoms with van der Waals surface area (Å²) < 4.78 is 14.9. The van der Waals surface area contributed by atoms with Crippen LogP contribution in [0.5, 0.6) is 5.75 Å². The van der Waals surface area contributed by atoms with Crippen molar-refractivity contribution >= 4 is 50.1 Å². The molecule has 216 valence electrons. The van der Waals surface area contributed by atoms with Crippen LogP contribution >= 0.6 is 27.3 Å². The van der Waals surface area contributed by atoms with Crippen molar-refractivity contribution in [1.82, 2.24) is 4.57 Å². The van der Waals surface area contributed by atoms with Gasteiger partial charge in [-0.3, -0.25) is 9.36 Å². The first kappa shape index (κ1) is 28.8. The minimum Gasteiger partial charge on any atom is -0.488 e. The predicted molar refractivity (Wildman–Crippen MR) is 174 cm³/mol. The Labute approximate surface area is 261 Å². The zero-order valence-corrected chi connectivity index (χ0v) is 26.4. The summed E-state index contributed by atoms with van der Waals surface area (Å²) in [7, 11) is 0. The maximum absolute atomic E-state index is 14.2. The Morgan fingerprint density at radius 3 is 2.49 bits per heavy atom. The van der Waals surface area contributed by atoms with Gasteiger partial charge in [0, 0.05) is 10.0 Å². The van der Waals surface area contributed by atoms with Gasteiger partial charge in [0.25, 0.3) is 5.56 Å². The highest BCUT2D eigenvalue weighted by molar-refractivity contribution is 9.10. The molecule has 8 heteroatoms. The van der Waals surface area contributed by atoms with E-state index >= 15 is 0 Å². The van der Waals surface area contributed by atoms with E-state index in [1.54, 1.807) is 18.4 Å². The molecular weight excluding hydrogens is 624 g/mol. The molecule has 2 heterocycles. The number of allylic oxidation sites excluding steroid dienone is 1. The smallest absolute Gasteiger partial charge is 0.338 e. The van der Waals surface area contributed by atoms with Gasteiger partial charge in [0.05, 0.1) is 28.5 Å². The Bertz CT molecular complexity index is 2060. The van der Waals surface area contributed by atoms with Crippen LogP contribution in [0.15, 0.2) is 110 Å². The molecule has 0 amide bonds. The van der Waals surface area contributed by atoms with E-state index in [1.165, 1.54) is 11.3 Å². The molecule has 0 aliphatic carbocycles. The van der Waals surface area contributed by atoms with Crippen LogP contribution in [0.1, 0.15) is 42.1 Å². The number of carbonyl (C=O) groups is 1. The second-order valence-corrected chi connectivity index (χ2v) is 12.3. The van der Waals surface area contributed by atoms with Gasteiger partial charge >= 0.3 is 5.97 Å². The van der Waals surface area contributed by atoms with E-state index < -0.39 is 12.0 Å². The Kier molecular flexibility index (Phi) is 8.15. The average molecular weight is 654 g/mol. The molecule has 6 nitrogen and oxygen atoms in total. The van der Waals surface area contributed by atoms with Gasteiger partial charge in [0.1, 0.15) is 12.4 Å². The number of carbonyl (C=O) groups excluding carboxylic acids is 1. The minimum atomic E-state index is -0.654. The van der Waals surface area contributed by atoms with Crippen molar-refractivity contribution < 1.29 is 14.3 Å². The lowest BCUT2D eigenvalue weighted by atomic mass is 9.95. The molecule has 0 bridgehead atoms. The quantitative estimate of drug-likeness (QED) is 0.186. The Hall–Kier alpha value is -4.27. The molecule has 6 rings (SSSR count). The van der Waals surface area contributed by atoms with E-state index in [9.17, 15) is 9.59 Å². The van der Waals surface area contributed by atoms with Crippen molar-refractivity contribution in [2.45, 2.75) is 33.4 Å². The highest BCUT2D eigenvalue weighted by atomic mass is 79.9. The van der Waals surface area contributed by atoms with Crippen LogP contribution in [0.3, 0.4) is 0 Å². The van der Waals surface area contributed by atoms with Gasteiger partial charge in [-0.1, -0.05) is 99.6 Å². The van der Waals surface area contributed by atoms with Crippen LogP contribution in [0.4, 0.5) is 0 Å². The summed E-state index contributed by atoms with van der Waals surface area (Å²) in [6, 6.07) is 27.2. The molecule has 1 aromatic heterocycles. The van der Waals surface area contributed by atoms with E-state index in [0.29, 0.717) is 33.0 Å². The second-order valence-electron chi connectivity index (χ2n) is 10.3. The first-order valence-corrected chi connectivity index (χ1v) is 15.6. The SMILES string of the molecule is CCOC(=O)C1=C(C)N=c2s/c(=C\c3c(OCc4ccc(Br)cc4)ccc4ccccc34)c(=O)n2[C@@H]1c1ccc(C)cc1. The number of thiazole rings is 1. The van der Waals surface area contributed by atoms with Gasteiger partial charge in [-0.2, -0.15) is 0 Å². The molecule has 1 aliphatic rings. The summed E-state index contributed by atoms with van der Waals surface area (Å²) in [6.45, 7) is 6.17. The van der Waals surface area contributed by atoms with E-state index in [2.05, 4.69) is 15.9 Å².